The molecule has 0 amide bonds. The Hall–Kier alpha value is -1.06. The lowest BCUT2D eigenvalue weighted by Gasteiger charge is -2.11. The van der Waals surface area contributed by atoms with Gasteiger partial charge in [0.2, 0.25) is 0 Å². The van der Waals surface area contributed by atoms with Gasteiger partial charge >= 0.3 is 0 Å². The molecule has 0 aliphatic rings. The van der Waals surface area contributed by atoms with Crippen molar-refractivity contribution < 1.29 is 14.6 Å². The highest BCUT2D eigenvalue weighted by atomic mass is 16.5. The fourth-order valence-electron chi connectivity index (χ4n) is 1.60. The lowest BCUT2D eigenvalue weighted by Crippen LogP contribution is -2.09. The molecule has 1 rings (SSSR count). The molecule has 102 valence electrons. The number of aliphatic hydroxyl groups is 1. The number of hydrogen-bond donors (Lipinski definition) is 1. The average Bonchev–Trinajstić information content (AvgIpc) is 2.34. The van der Waals surface area contributed by atoms with Crippen LogP contribution in [0.25, 0.3) is 0 Å². The molecule has 1 N–H and O–H groups in total. The molecule has 0 spiro atoms. The van der Waals surface area contributed by atoms with Crippen LogP contribution in [0.15, 0.2) is 18.2 Å². The van der Waals surface area contributed by atoms with Gasteiger partial charge in [-0.3, -0.25) is 0 Å². The first-order chi connectivity index (χ1) is 8.63. The third-order valence-electron chi connectivity index (χ3n) is 2.71. The third kappa shape index (κ3) is 5.52. The van der Waals surface area contributed by atoms with Crippen molar-refractivity contribution in [2.24, 2.45) is 5.92 Å². The molecular formula is C15H24O3. The van der Waals surface area contributed by atoms with E-state index in [0.717, 1.165) is 29.9 Å². The van der Waals surface area contributed by atoms with E-state index in [2.05, 4.69) is 13.8 Å². The summed E-state index contributed by atoms with van der Waals surface area (Å²) >= 11 is 0. The molecule has 1 aromatic carbocycles. The van der Waals surface area contributed by atoms with E-state index in [4.69, 9.17) is 9.47 Å². The van der Waals surface area contributed by atoms with Crippen molar-refractivity contribution in [3.05, 3.63) is 29.3 Å². The lowest BCUT2D eigenvalue weighted by atomic mass is 10.1. The fraction of sp³-hybridized carbons (Fsp3) is 0.600. The van der Waals surface area contributed by atoms with E-state index in [0.29, 0.717) is 19.1 Å². The van der Waals surface area contributed by atoms with E-state index in [9.17, 15) is 5.11 Å². The van der Waals surface area contributed by atoms with Gasteiger partial charge in [0, 0.05) is 12.2 Å². The van der Waals surface area contributed by atoms with E-state index < -0.39 is 0 Å². The highest BCUT2D eigenvalue weighted by molar-refractivity contribution is 5.36. The zero-order valence-electron chi connectivity index (χ0n) is 11.6. The van der Waals surface area contributed by atoms with Crippen LogP contribution in [0, 0.1) is 12.8 Å². The van der Waals surface area contributed by atoms with Crippen molar-refractivity contribution in [3.63, 3.8) is 0 Å². The van der Waals surface area contributed by atoms with Crippen LogP contribution in [0.2, 0.25) is 0 Å². The van der Waals surface area contributed by atoms with Gasteiger partial charge < -0.3 is 14.6 Å². The van der Waals surface area contributed by atoms with Crippen LogP contribution in [0.3, 0.4) is 0 Å². The fourth-order valence-corrected chi connectivity index (χ4v) is 1.60. The molecule has 0 saturated carbocycles. The van der Waals surface area contributed by atoms with Crippen LogP contribution >= 0.6 is 0 Å². The van der Waals surface area contributed by atoms with Gasteiger partial charge in [-0.05, 0) is 25.3 Å². The first kappa shape index (κ1) is 15.0. The first-order valence-corrected chi connectivity index (χ1v) is 6.54. The Kier molecular flexibility index (Phi) is 6.76. The number of benzene rings is 1. The second-order valence-electron chi connectivity index (χ2n) is 4.91. The summed E-state index contributed by atoms with van der Waals surface area (Å²) in [7, 11) is 0. The van der Waals surface area contributed by atoms with E-state index in [1.54, 1.807) is 0 Å². The van der Waals surface area contributed by atoms with E-state index in [-0.39, 0.29) is 6.61 Å². The maximum absolute atomic E-state index is 9.23. The van der Waals surface area contributed by atoms with Crippen LogP contribution < -0.4 is 4.74 Å². The molecule has 0 aliphatic heterocycles. The van der Waals surface area contributed by atoms with Crippen molar-refractivity contribution in [1.29, 1.82) is 0 Å². The van der Waals surface area contributed by atoms with E-state index in [1.165, 1.54) is 0 Å². The minimum absolute atomic E-state index is 0.00518. The average molecular weight is 252 g/mol. The van der Waals surface area contributed by atoms with Crippen LogP contribution in [0.1, 0.15) is 31.4 Å². The molecular weight excluding hydrogens is 228 g/mol. The predicted molar refractivity (Wildman–Crippen MR) is 72.9 cm³/mol. The van der Waals surface area contributed by atoms with Gasteiger partial charge in [-0.2, -0.15) is 0 Å². The van der Waals surface area contributed by atoms with Crippen LogP contribution in [0.4, 0.5) is 0 Å². The molecule has 0 aliphatic carbocycles. The molecule has 0 aromatic heterocycles. The smallest absolute Gasteiger partial charge is 0.124 e. The van der Waals surface area contributed by atoms with Gasteiger partial charge in [-0.1, -0.05) is 31.5 Å². The van der Waals surface area contributed by atoms with Crippen molar-refractivity contribution >= 4 is 0 Å². The summed E-state index contributed by atoms with van der Waals surface area (Å²) in [5.41, 5.74) is 1.96. The third-order valence-corrected chi connectivity index (χ3v) is 2.71. The van der Waals surface area contributed by atoms with Crippen LogP contribution in [-0.2, 0) is 11.3 Å². The zero-order chi connectivity index (χ0) is 13.4. The quantitative estimate of drug-likeness (QED) is 0.723. The van der Waals surface area contributed by atoms with Gasteiger partial charge in [0.05, 0.1) is 13.2 Å². The molecule has 0 fully saturated rings. The van der Waals surface area contributed by atoms with E-state index in [1.807, 2.05) is 25.1 Å². The Bertz CT molecular complexity index is 348. The molecule has 0 radical (unpaired) electrons. The van der Waals surface area contributed by atoms with E-state index >= 15 is 0 Å². The predicted octanol–water partition coefficient (Wildman–Crippen LogP) is 2.93. The Labute approximate surface area is 110 Å². The maximum atomic E-state index is 9.23. The Morgan fingerprint density at radius 2 is 1.94 bits per heavy atom. The number of aliphatic hydroxyl groups excluding tert-OH is 1. The molecule has 0 atom stereocenters. The van der Waals surface area contributed by atoms with Crippen molar-refractivity contribution in [2.45, 2.75) is 33.8 Å². The minimum atomic E-state index is 0.00518. The summed E-state index contributed by atoms with van der Waals surface area (Å²) in [5.74, 6) is 1.42. The van der Waals surface area contributed by atoms with Gasteiger partial charge in [-0.15, -0.1) is 0 Å². The Morgan fingerprint density at radius 3 is 2.61 bits per heavy atom. The molecule has 0 bridgehead atoms. The monoisotopic (exact) mass is 252 g/mol. The maximum Gasteiger partial charge on any atom is 0.124 e. The largest absolute Gasteiger partial charge is 0.491 e. The van der Waals surface area contributed by atoms with Gasteiger partial charge in [0.1, 0.15) is 12.4 Å². The topological polar surface area (TPSA) is 38.7 Å². The van der Waals surface area contributed by atoms with Crippen molar-refractivity contribution in [3.8, 4) is 5.75 Å². The second-order valence-corrected chi connectivity index (χ2v) is 4.91. The van der Waals surface area contributed by atoms with Gasteiger partial charge in [0.15, 0.2) is 0 Å². The molecule has 0 saturated heterocycles. The highest BCUT2D eigenvalue weighted by Crippen LogP contribution is 2.19. The van der Waals surface area contributed by atoms with Crippen molar-refractivity contribution in [2.75, 3.05) is 19.8 Å². The van der Waals surface area contributed by atoms with Crippen molar-refractivity contribution in [1.82, 2.24) is 0 Å². The van der Waals surface area contributed by atoms with Crippen LogP contribution in [0.5, 0.6) is 5.75 Å². The number of aryl methyl sites for hydroxylation is 1. The summed E-state index contributed by atoms with van der Waals surface area (Å²) in [6.45, 7) is 8.25. The molecule has 0 unspecified atom stereocenters. The lowest BCUT2D eigenvalue weighted by molar-refractivity contribution is 0.0917. The van der Waals surface area contributed by atoms with Gasteiger partial charge in [0.25, 0.3) is 0 Å². The molecule has 1 aromatic rings. The molecule has 3 nitrogen and oxygen atoms in total. The summed E-state index contributed by atoms with van der Waals surface area (Å²) in [6, 6.07) is 5.82. The first-order valence-electron chi connectivity index (χ1n) is 6.54. The summed E-state index contributed by atoms with van der Waals surface area (Å²) < 4.78 is 11.1. The molecule has 18 heavy (non-hydrogen) atoms. The number of ether oxygens (including phenoxy) is 2. The highest BCUT2D eigenvalue weighted by Gasteiger charge is 2.03. The summed E-state index contributed by atoms with van der Waals surface area (Å²) in [6.07, 6.45) is 1.08. The molecule has 0 heterocycles. The van der Waals surface area contributed by atoms with Gasteiger partial charge in [-0.25, -0.2) is 0 Å². The number of rotatable bonds is 8. The standard InChI is InChI=1S/C15H24O3/c1-12(2)6-7-17-8-9-18-15-5-4-13(3)10-14(15)11-16/h4-5,10,12,16H,6-9,11H2,1-3H3. The second kappa shape index (κ2) is 8.11. The normalized spacial score (nSPS) is 10.9. The SMILES string of the molecule is Cc1ccc(OCCOCCC(C)C)c(CO)c1. The summed E-state index contributed by atoms with van der Waals surface area (Å²) in [4.78, 5) is 0. The Balaban J connectivity index is 2.27. The molecule has 3 heteroatoms. The summed E-state index contributed by atoms with van der Waals surface area (Å²) in [5, 5.41) is 9.23. The Morgan fingerprint density at radius 1 is 1.17 bits per heavy atom. The van der Waals surface area contributed by atoms with Crippen LogP contribution in [-0.4, -0.2) is 24.9 Å². The zero-order valence-corrected chi connectivity index (χ0v) is 11.6. The minimum Gasteiger partial charge on any atom is -0.491 e. The number of hydrogen-bond acceptors (Lipinski definition) is 3.